The number of piperazine rings is 1. The van der Waals surface area contributed by atoms with Crippen molar-refractivity contribution in [1.82, 2.24) is 10.2 Å². The van der Waals surface area contributed by atoms with Crippen LogP contribution >= 0.6 is 12.4 Å². The fourth-order valence-corrected chi connectivity index (χ4v) is 3.13. The Labute approximate surface area is 140 Å². The first kappa shape index (κ1) is 19.2. The van der Waals surface area contributed by atoms with E-state index in [1.807, 2.05) is 19.1 Å². The van der Waals surface area contributed by atoms with Crippen molar-refractivity contribution in [1.29, 1.82) is 0 Å². The highest BCUT2D eigenvalue weighted by Crippen LogP contribution is 2.41. The molecule has 1 aliphatic rings. The van der Waals surface area contributed by atoms with E-state index in [-0.39, 0.29) is 30.5 Å². The topological polar surface area (TPSA) is 44.7 Å². The summed E-state index contributed by atoms with van der Waals surface area (Å²) in [6.45, 7) is 11.1. The number of nitrogens with one attached hydrogen (secondary N) is 1. The molecular weight excluding hydrogens is 300 g/mol. The zero-order valence-corrected chi connectivity index (χ0v) is 14.7. The summed E-state index contributed by atoms with van der Waals surface area (Å²) in [5, 5.41) is 13.3. The molecule has 2 N–H and O–H groups in total. The summed E-state index contributed by atoms with van der Waals surface area (Å²) in [6, 6.07) is 8.39. The SMILES string of the molecule is CCOc1ccccc1[C@H](N1CCNCC1)C(C)(C)CO.Cl. The first-order chi connectivity index (χ1) is 10.1. The van der Waals surface area contributed by atoms with Crippen molar-refractivity contribution in [3.05, 3.63) is 29.8 Å². The second-order valence-corrected chi connectivity index (χ2v) is 6.31. The average molecular weight is 329 g/mol. The summed E-state index contributed by atoms with van der Waals surface area (Å²) in [4.78, 5) is 2.46. The summed E-state index contributed by atoms with van der Waals surface area (Å²) in [7, 11) is 0. The zero-order chi connectivity index (χ0) is 15.3. The lowest BCUT2D eigenvalue weighted by atomic mass is 9.79. The van der Waals surface area contributed by atoms with E-state index in [0.717, 1.165) is 31.9 Å². The van der Waals surface area contributed by atoms with Gasteiger partial charge in [-0.3, -0.25) is 4.90 Å². The van der Waals surface area contributed by atoms with E-state index in [4.69, 9.17) is 4.74 Å². The maximum absolute atomic E-state index is 9.89. The minimum absolute atomic E-state index is 0. The normalized spacial score (nSPS) is 17.6. The van der Waals surface area contributed by atoms with E-state index in [1.165, 1.54) is 5.56 Å². The number of rotatable bonds is 6. The van der Waals surface area contributed by atoms with Gasteiger partial charge < -0.3 is 15.2 Å². The average Bonchev–Trinajstić information content (AvgIpc) is 2.50. The molecule has 126 valence electrons. The number of hydrogen-bond acceptors (Lipinski definition) is 4. The van der Waals surface area contributed by atoms with Gasteiger partial charge in [-0.15, -0.1) is 12.4 Å². The Hall–Kier alpha value is -0.810. The molecule has 1 fully saturated rings. The number of aliphatic hydroxyl groups is 1. The van der Waals surface area contributed by atoms with Crippen molar-refractivity contribution in [2.75, 3.05) is 39.4 Å². The fourth-order valence-electron chi connectivity index (χ4n) is 3.13. The lowest BCUT2D eigenvalue weighted by Gasteiger charge is -2.43. The molecule has 1 aromatic rings. The molecule has 2 rings (SSSR count). The van der Waals surface area contributed by atoms with Crippen LogP contribution in [-0.2, 0) is 0 Å². The molecule has 1 saturated heterocycles. The van der Waals surface area contributed by atoms with Crippen LogP contribution in [-0.4, -0.2) is 49.4 Å². The predicted octanol–water partition coefficient (Wildman–Crippen LogP) is 2.47. The van der Waals surface area contributed by atoms with Crippen molar-refractivity contribution in [3.8, 4) is 5.75 Å². The van der Waals surface area contributed by atoms with Crippen LogP contribution in [0.4, 0.5) is 0 Å². The Balaban J connectivity index is 0.00000242. The minimum Gasteiger partial charge on any atom is -0.494 e. The van der Waals surface area contributed by atoms with Gasteiger partial charge in [-0.1, -0.05) is 32.0 Å². The highest BCUT2D eigenvalue weighted by molar-refractivity contribution is 5.85. The molecule has 1 aromatic carbocycles. The van der Waals surface area contributed by atoms with Crippen LogP contribution in [0.1, 0.15) is 32.4 Å². The Morgan fingerprint density at radius 2 is 1.91 bits per heavy atom. The fraction of sp³-hybridized carbons (Fsp3) is 0.647. The molecule has 0 unspecified atom stereocenters. The summed E-state index contributed by atoms with van der Waals surface area (Å²) >= 11 is 0. The number of para-hydroxylation sites is 1. The molecule has 0 aliphatic carbocycles. The van der Waals surface area contributed by atoms with Crippen LogP contribution in [0.15, 0.2) is 24.3 Å². The van der Waals surface area contributed by atoms with Crippen LogP contribution in [0, 0.1) is 5.41 Å². The number of aliphatic hydroxyl groups excluding tert-OH is 1. The standard InChI is InChI=1S/C17H28N2O2.ClH/c1-4-21-15-8-6-5-7-14(15)16(17(2,3)13-20)19-11-9-18-10-12-19;/h5-8,16,18,20H,4,9-13H2,1-3H3;1H/t16-;/m0./s1. The van der Waals surface area contributed by atoms with Gasteiger partial charge in [0.15, 0.2) is 0 Å². The van der Waals surface area contributed by atoms with E-state index in [2.05, 4.69) is 36.2 Å². The van der Waals surface area contributed by atoms with Crippen molar-refractivity contribution >= 4 is 12.4 Å². The highest BCUT2D eigenvalue weighted by Gasteiger charge is 2.37. The summed E-state index contributed by atoms with van der Waals surface area (Å²) in [5.74, 6) is 0.935. The summed E-state index contributed by atoms with van der Waals surface area (Å²) in [6.07, 6.45) is 0. The minimum atomic E-state index is -0.218. The molecule has 0 amide bonds. The predicted molar refractivity (Wildman–Crippen MR) is 92.9 cm³/mol. The maximum atomic E-state index is 9.89. The molecule has 0 radical (unpaired) electrons. The molecule has 0 aromatic heterocycles. The third kappa shape index (κ3) is 4.35. The monoisotopic (exact) mass is 328 g/mol. The Bertz CT molecular complexity index is 448. The van der Waals surface area contributed by atoms with Crippen LogP contribution in [0.3, 0.4) is 0 Å². The summed E-state index contributed by atoms with van der Waals surface area (Å²) < 4.78 is 5.82. The zero-order valence-electron chi connectivity index (χ0n) is 13.8. The Morgan fingerprint density at radius 1 is 1.27 bits per heavy atom. The van der Waals surface area contributed by atoms with Gasteiger partial charge >= 0.3 is 0 Å². The van der Waals surface area contributed by atoms with Gasteiger partial charge in [-0.25, -0.2) is 0 Å². The van der Waals surface area contributed by atoms with Crippen molar-refractivity contribution in [2.24, 2.45) is 5.41 Å². The second-order valence-electron chi connectivity index (χ2n) is 6.31. The van der Waals surface area contributed by atoms with E-state index < -0.39 is 0 Å². The van der Waals surface area contributed by atoms with Crippen molar-refractivity contribution < 1.29 is 9.84 Å². The first-order valence-corrected chi connectivity index (χ1v) is 7.87. The Kier molecular flexibility index (Phi) is 7.63. The number of benzene rings is 1. The van der Waals surface area contributed by atoms with Gasteiger partial charge in [0, 0.05) is 49.8 Å². The number of nitrogens with zero attached hydrogens (tertiary/aromatic N) is 1. The molecule has 22 heavy (non-hydrogen) atoms. The van der Waals surface area contributed by atoms with Gasteiger partial charge in [0.1, 0.15) is 5.75 Å². The van der Waals surface area contributed by atoms with Gasteiger partial charge in [0.05, 0.1) is 6.61 Å². The molecule has 4 nitrogen and oxygen atoms in total. The smallest absolute Gasteiger partial charge is 0.124 e. The molecule has 1 heterocycles. The lowest BCUT2D eigenvalue weighted by Crippen LogP contribution is -2.49. The quantitative estimate of drug-likeness (QED) is 0.842. The highest BCUT2D eigenvalue weighted by atomic mass is 35.5. The molecule has 0 saturated carbocycles. The molecule has 0 spiro atoms. The Morgan fingerprint density at radius 3 is 2.50 bits per heavy atom. The van der Waals surface area contributed by atoms with E-state index >= 15 is 0 Å². The van der Waals surface area contributed by atoms with Gasteiger partial charge in [-0.05, 0) is 13.0 Å². The van der Waals surface area contributed by atoms with E-state index in [9.17, 15) is 5.11 Å². The number of ether oxygens (including phenoxy) is 1. The molecule has 0 bridgehead atoms. The summed E-state index contributed by atoms with van der Waals surface area (Å²) in [5.41, 5.74) is 0.963. The number of halogens is 1. The molecule has 5 heteroatoms. The molecule has 1 aliphatic heterocycles. The third-order valence-electron chi connectivity index (χ3n) is 4.18. The largest absolute Gasteiger partial charge is 0.494 e. The number of hydrogen-bond donors (Lipinski definition) is 2. The van der Waals surface area contributed by atoms with Gasteiger partial charge in [0.2, 0.25) is 0 Å². The maximum Gasteiger partial charge on any atom is 0.124 e. The van der Waals surface area contributed by atoms with Crippen molar-refractivity contribution in [2.45, 2.75) is 26.8 Å². The molecule has 1 atom stereocenters. The van der Waals surface area contributed by atoms with Gasteiger partial charge in [-0.2, -0.15) is 0 Å². The second kappa shape index (κ2) is 8.73. The van der Waals surface area contributed by atoms with E-state index in [1.54, 1.807) is 0 Å². The van der Waals surface area contributed by atoms with Crippen LogP contribution in [0.25, 0.3) is 0 Å². The van der Waals surface area contributed by atoms with Crippen molar-refractivity contribution in [3.63, 3.8) is 0 Å². The van der Waals surface area contributed by atoms with E-state index in [0.29, 0.717) is 6.61 Å². The lowest BCUT2D eigenvalue weighted by molar-refractivity contribution is 0.0290. The van der Waals surface area contributed by atoms with Crippen LogP contribution < -0.4 is 10.1 Å². The van der Waals surface area contributed by atoms with Gasteiger partial charge in [0.25, 0.3) is 0 Å². The molecular formula is C17H29ClN2O2. The van der Waals surface area contributed by atoms with Crippen LogP contribution in [0.5, 0.6) is 5.75 Å². The van der Waals surface area contributed by atoms with Crippen LogP contribution in [0.2, 0.25) is 0 Å². The first-order valence-electron chi connectivity index (χ1n) is 7.87. The third-order valence-corrected chi connectivity index (χ3v) is 4.18.